The van der Waals surface area contributed by atoms with Crippen LogP contribution in [0.3, 0.4) is 0 Å². The van der Waals surface area contributed by atoms with Crippen LogP contribution in [0.4, 0.5) is 0 Å². The zero-order valence-electron chi connectivity index (χ0n) is 15.2. The Labute approximate surface area is 154 Å². The van der Waals surface area contributed by atoms with Gasteiger partial charge >= 0.3 is 0 Å². The van der Waals surface area contributed by atoms with Gasteiger partial charge in [-0.3, -0.25) is 9.69 Å². The zero-order chi connectivity index (χ0) is 17.8. The molecule has 0 radical (unpaired) electrons. The number of rotatable bonds is 6. The second-order valence-corrected chi connectivity index (χ2v) is 7.55. The van der Waals surface area contributed by atoms with Gasteiger partial charge in [0.1, 0.15) is 5.75 Å². The molecule has 134 valence electrons. The predicted octanol–water partition coefficient (Wildman–Crippen LogP) is 3.72. The van der Waals surface area contributed by atoms with Gasteiger partial charge in [0.2, 0.25) is 5.91 Å². The van der Waals surface area contributed by atoms with Crippen molar-refractivity contribution < 1.29 is 9.53 Å². The van der Waals surface area contributed by atoms with Crippen LogP contribution in [-0.4, -0.2) is 43.0 Å². The Balaban J connectivity index is 1.63. The maximum Gasteiger partial charge on any atom is 0.236 e. The molecule has 0 saturated heterocycles. The lowest BCUT2D eigenvalue weighted by atomic mass is 9.98. The van der Waals surface area contributed by atoms with E-state index in [1.807, 2.05) is 47.5 Å². The Hall–Kier alpha value is -1.85. The first-order valence-electron chi connectivity index (χ1n) is 8.79. The van der Waals surface area contributed by atoms with Crippen molar-refractivity contribution in [3.63, 3.8) is 0 Å². The third-order valence-corrected chi connectivity index (χ3v) is 5.91. The summed E-state index contributed by atoms with van der Waals surface area (Å²) in [6, 6.07) is 10.5. The summed E-state index contributed by atoms with van der Waals surface area (Å²) in [5.74, 6) is 0.991. The molecule has 0 spiro atoms. The molecule has 2 aromatic rings. The van der Waals surface area contributed by atoms with Crippen LogP contribution in [0.5, 0.6) is 5.75 Å². The van der Waals surface area contributed by atoms with Crippen LogP contribution in [0.2, 0.25) is 0 Å². The number of hydrogen-bond acceptors (Lipinski definition) is 4. The fraction of sp³-hybridized carbons (Fsp3) is 0.450. The van der Waals surface area contributed by atoms with Gasteiger partial charge < -0.3 is 9.64 Å². The fourth-order valence-corrected chi connectivity index (χ4v) is 4.47. The van der Waals surface area contributed by atoms with E-state index in [0.29, 0.717) is 19.1 Å². The summed E-state index contributed by atoms with van der Waals surface area (Å²) in [5.41, 5.74) is 2.50. The Kier molecular flexibility index (Phi) is 5.76. The summed E-state index contributed by atoms with van der Waals surface area (Å²) >= 11 is 1.84. The number of ether oxygens (including phenoxy) is 1. The Morgan fingerprint density at radius 3 is 3.00 bits per heavy atom. The van der Waals surface area contributed by atoms with Crippen LogP contribution in [0.15, 0.2) is 35.7 Å². The molecule has 0 fully saturated rings. The number of carbonyl (C=O) groups is 1. The lowest BCUT2D eigenvalue weighted by molar-refractivity contribution is -0.132. The molecule has 0 saturated carbocycles. The summed E-state index contributed by atoms with van der Waals surface area (Å²) in [5, 5.41) is 2.17. The van der Waals surface area contributed by atoms with Crippen LogP contribution in [-0.2, 0) is 17.8 Å². The molecular formula is C20H26N2O2S. The number of nitrogens with zero attached hydrogens (tertiary/aromatic N) is 2. The minimum absolute atomic E-state index is 0.167. The van der Waals surface area contributed by atoms with Crippen LogP contribution in [0, 0.1) is 0 Å². The average molecular weight is 359 g/mol. The molecule has 0 N–H and O–H groups in total. The van der Waals surface area contributed by atoms with Crippen molar-refractivity contribution in [2.75, 3.05) is 27.2 Å². The highest BCUT2D eigenvalue weighted by Gasteiger charge is 2.28. The minimum Gasteiger partial charge on any atom is -0.497 e. The number of methoxy groups -OCH3 is 1. The molecule has 5 heteroatoms. The molecule has 1 unspecified atom stereocenters. The molecule has 1 amide bonds. The van der Waals surface area contributed by atoms with Crippen LogP contribution < -0.4 is 4.74 Å². The number of amides is 1. The molecule has 1 aromatic heterocycles. The van der Waals surface area contributed by atoms with Gasteiger partial charge in [-0.25, -0.2) is 0 Å². The second-order valence-electron chi connectivity index (χ2n) is 6.54. The highest BCUT2D eigenvalue weighted by Crippen LogP contribution is 2.34. The first-order valence-corrected chi connectivity index (χ1v) is 9.67. The van der Waals surface area contributed by atoms with E-state index < -0.39 is 0 Å². The third kappa shape index (κ3) is 4.05. The summed E-state index contributed by atoms with van der Waals surface area (Å²) in [7, 11) is 3.54. The SMILES string of the molecule is CCC1c2ccsc2CCN1CC(=O)N(C)Cc1cccc(OC)c1. The molecule has 1 atom stereocenters. The van der Waals surface area contributed by atoms with Crippen LogP contribution in [0.1, 0.15) is 35.4 Å². The Bertz CT molecular complexity index is 728. The normalized spacial score (nSPS) is 17.2. The summed E-state index contributed by atoms with van der Waals surface area (Å²) < 4.78 is 5.26. The van der Waals surface area contributed by atoms with Crippen molar-refractivity contribution in [1.29, 1.82) is 0 Å². The summed E-state index contributed by atoms with van der Waals surface area (Å²) in [4.78, 5) is 18.4. The number of benzene rings is 1. The topological polar surface area (TPSA) is 32.8 Å². The van der Waals surface area contributed by atoms with Crippen LogP contribution >= 0.6 is 11.3 Å². The average Bonchev–Trinajstić information content (AvgIpc) is 3.10. The number of hydrogen-bond donors (Lipinski definition) is 0. The molecule has 1 aliphatic heterocycles. The van der Waals surface area contributed by atoms with Gasteiger partial charge in [-0.2, -0.15) is 0 Å². The van der Waals surface area contributed by atoms with Crippen molar-refractivity contribution in [2.24, 2.45) is 0 Å². The summed E-state index contributed by atoms with van der Waals surface area (Å²) in [6.45, 7) is 4.25. The van der Waals surface area contributed by atoms with E-state index in [0.717, 1.165) is 30.7 Å². The third-order valence-electron chi connectivity index (χ3n) is 4.91. The minimum atomic E-state index is 0.167. The quantitative estimate of drug-likeness (QED) is 0.789. The van der Waals surface area contributed by atoms with E-state index in [2.05, 4.69) is 23.3 Å². The van der Waals surface area contributed by atoms with E-state index in [1.54, 1.807) is 7.11 Å². The van der Waals surface area contributed by atoms with Gasteiger partial charge in [0.25, 0.3) is 0 Å². The maximum atomic E-state index is 12.7. The van der Waals surface area contributed by atoms with Gasteiger partial charge in [-0.15, -0.1) is 11.3 Å². The maximum absolute atomic E-state index is 12.7. The number of fused-ring (bicyclic) bond motifs is 1. The highest BCUT2D eigenvalue weighted by atomic mass is 32.1. The predicted molar refractivity (Wildman–Crippen MR) is 102 cm³/mol. The van der Waals surface area contributed by atoms with Gasteiger partial charge in [0, 0.05) is 31.1 Å². The lowest BCUT2D eigenvalue weighted by Gasteiger charge is -2.35. The smallest absolute Gasteiger partial charge is 0.236 e. The first-order chi connectivity index (χ1) is 12.1. The Morgan fingerprint density at radius 1 is 1.40 bits per heavy atom. The largest absolute Gasteiger partial charge is 0.497 e. The highest BCUT2D eigenvalue weighted by molar-refractivity contribution is 7.10. The molecule has 3 rings (SSSR count). The lowest BCUT2D eigenvalue weighted by Crippen LogP contribution is -2.42. The van der Waals surface area contributed by atoms with Crippen molar-refractivity contribution >= 4 is 17.2 Å². The molecule has 4 nitrogen and oxygen atoms in total. The molecular weight excluding hydrogens is 332 g/mol. The van der Waals surface area contributed by atoms with Crippen molar-refractivity contribution in [3.8, 4) is 5.75 Å². The van der Waals surface area contributed by atoms with E-state index in [4.69, 9.17) is 4.74 Å². The molecule has 25 heavy (non-hydrogen) atoms. The van der Waals surface area contributed by atoms with E-state index in [9.17, 15) is 4.79 Å². The number of thiophene rings is 1. The standard InChI is InChI=1S/C20H26N2O2S/c1-4-18-17-9-11-25-19(17)8-10-22(18)14-20(23)21(2)13-15-6-5-7-16(12-15)24-3/h5-7,9,11-12,18H,4,8,10,13-14H2,1-3H3. The molecule has 2 heterocycles. The number of carbonyl (C=O) groups excluding carboxylic acids is 1. The van der Waals surface area contributed by atoms with E-state index in [1.165, 1.54) is 10.4 Å². The summed E-state index contributed by atoms with van der Waals surface area (Å²) in [6.07, 6.45) is 2.09. The van der Waals surface area contributed by atoms with Crippen molar-refractivity contribution in [2.45, 2.75) is 32.4 Å². The van der Waals surface area contributed by atoms with Crippen LogP contribution in [0.25, 0.3) is 0 Å². The zero-order valence-corrected chi connectivity index (χ0v) is 16.0. The first kappa shape index (κ1) is 18.0. The molecule has 0 bridgehead atoms. The molecule has 1 aliphatic rings. The van der Waals surface area contributed by atoms with E-state index in [-0.39, 0.29) is 5.91 Å². The number of likely N-dealkylation sites (N-methyl/N-ethyl adjacent to an activating group) is 1. The Morgan fingerprint density at radius 2 is 2.24 bits per heavy atom. The van der Waals surface area contributed by atoms with Gasteiger partial charge in [-0.05, 0) is 47.5 Å². The molecule has 0 aliphatic carbocycles. The van der Waals surface area contributed by atoms with Gasteiger partial charge in [0.15, 0.2) is 0 Å². The molecule has 1 aromatic carbocycles. The van der Waals surface area contributed by atoms with Gasteiger partial charge in [-0.1, -0.05) is 19.1 Å². The van der Waals surface area contributed by atoms with E-state index >= 15 is 0 Å². The van der Waals surface area contributed by atoms with Crippen molar-refractivity contribution in [3.05, 3.63) is 51.7 Å². The van der Waals surface area contributed by atoms with Gasteiger partial charge in [0.05, 0.1) is 13.7 Å². The monoisotopic (exact) mass is 358 g/mol. The van der Waals surface area contributed by atoms with Crippen molar-refractivity contribution in [1.82, 2.24) is 9.80 Å². The second kappa shape index (κ2) is 8.02. The fourth-order valence-electron chi connectivity index (χ4n) is 3.54.